The Morgan fingerprint density at radius 1 is 1.22 bits per heavy atom. The van der Waals surface area contributed by atoms with Crippen LogP contribution in [-0.4, -0.2) is 12.6 Å². The smallest absolute Gasteiger partial charge is 0.0136 e. The van der Waals surface area contributed by atoms with Crippen molar-refractivity contribution in [2.24, 2.45) is 5.92 Å². The van der Waals surface area contributed by atoms with Crippen LogP contribution in [-0.2, 0) is 6.42 Å². The predicted octanol–water partition coefficient (Wildman–Crippen LogP) is 4.88. The molecule has 18 heavy (non-hydrogen) atoms. The van der Waals surface area contributed by atoms with E-state index in [4.69, 9.17) is 0 Å². The van der Waals surface area contributed by atoms with E-state index in [0.29, 0.717) is 6.04 Å². The summed E-state index contributed by atoms with van der Waals surface area (Å²) in [6.45, 7) is 8.04. The van der Waals surface area contributed by atoms with Crippen molar-refractivity contribution in [3.8, 4) is 0 Å². The monoisotopic (exact) mass is 267 g/mol. The lowest BCUT2D eigenvalue weighted by molar-refractivity contribution is 0.316. The molecule has 1 rings (SSSR count). The first-order valence-corrected chi connectivity index (χ1v) is 8.50. The second-order valence-electron chi connectivity index (χ2n) is 5.21. The highest BCUT2D eigenvalue weighted by Crippen LogP contribution is 2.21. The van der Waals surface area contributed by atoms with Crippen LogP contribution in [0.1, 0.15) is 58.4 Å². The minimum Gasteiger partial charge on any atom is -0.313 e. The molecule has 2 heteroatoms. The predicted molar refractivity (Wildman–Crippen MR) is 83.4 cm³/mol. The molecular formula is C16H29NS. The third-order valence-electron chi connectivity index (χ3n) is 3.71. The van der Waals surface area contributed by atoms with Gasteiger partial charge in [0.15, 0.2) is 0 Å². The normalized spacial score (nSPS) is 14.6. The van der Waals surface area contributed by atoms with Gasteiger partial charge in [-0.15, -0.1) is 0 Å². The summed E-state index contributed by atoms with van der Waals surface area (Å²) in [7, 11) is 0. The summed E-state index contributed by atoms with van der Waals surface area (Å²) in [5.41, 5.74) is 1.50. The van der Waals surface area contributed by atoms with Crippen LogP contribution in [0.25, 0.3) is 0 Å². The minimum atomic E-state index is 0.663. The summed E-state index contributed by atoms with van der Waals surface area (Å²) in [5.74, 6) is 0.830. The molecule has 1 aromatic heterocycles. The van der Waals surface area contributed by atoms with Crippen molar-refractivity contribution in [1.82, 2.24) is 5.32 Å². The molecule has 0 saturated carbocycles. The second kappa shape index (κ2) is 9.57. The van der Waals surface area contributed by atoms with Gasteiger partial charge in [0.25, 0.3) is 0 Å². The Morgan fingerprint density at radius 3 is 2.61 bits per heavy atom. The van der Waals surface area contributed by atoms with Gasteiger partial charge >= 0.3 is 0 Å². The summed E-state index contributed by atoms with van der Waals surface area (Å²) in [5, 5.41) is 8.26. The maximum Gasteiger partial charge on any atom is 0.0136 e. The second-order valence-corrected chi connectivity index (χ2v) is 5.99. The number of hydrogen-bond donors (Lipinski definition) is 1. The SMILES string of the molecule is CCCCC(CC)C(Cc1ccsc1)NCCC. The van der Waals surface area contributed by atoms with E-state index < -0.39 is 0 Å². The Morgan fingerprint density at radius 2 is 2.06 bits per heavy atom. The van der Waals surface area contributed by atoms with Crippen LogP contribution in [0.2, 0.25) is 0 Å². The molecule has 0 aliphatic heterocycles. The van der Waals surface area contributed by atoms with Gasteiger partial charge < -0.3 is 5.32 Å². The van der Waals surface area contributed by atoms with Gasteiger partial charge in [-0.05, 0) is 54.1 Å². The largest absolute Gasteiger partial charge is 0.313 e. The molecule has 1 nitrogen and oxygen atoms in total. The van der Waals surface area contributed by atoms with E-state index in [2.05, 4.69) is 42.9 Å². The van der Waals surface area contributed by atoms with Crippen molar-refractivity contribution < 1.29 is 0 Å². The molecule has 0 aromatic carbocycles. The average Bonchev–Trinajstić information content (AvgIpc) is 2.89. The van der Waals surface area contributed by atoms with Gasteiger partial charge in [-0.25, -0.2) is 0 Å². The van der Waals surface area contributed by atoms with E-state index in [-0.39, 0.29) is 0 Å². The van der Waals surface area contributed by atoms with Crippen LogP contribution in [0.4, 0.5) is 0 Å². The molecule has 0 radical (unpaired) electrons. The topological polar surface area (TPSA) is 12.0 Å². The van der Waals surface area contributed by atoms with Crippen LogP contribution in [0.3, 0.4) is 0 Å². The lowest BCUT2D eigenvalue weighted by atomic mass is 9.88. The van der Waals surface area contributed by atoms with E-state index in [1.54, 1.807) is 0 Å². The summed E-state index contributed by atoms with van der Waals surface area (Å²) < 4.78 is 0. The molecule has 2 atom stereocenters. The third-order valence-corrected chi connectivity index (χ3v) is 4.45. The van der Waals surface area contributed by atoms with E-state index in [1.165, 1.54) is 44.1 Å². The molecule has 0 fully saturated rings. The van der Waals surface area contributed by atoms with Gasteiger partial charge in [0.1, 0.15) is 0 Å². The molecule has 2 unspecified atom stereocenters. The van der Waals surface area contributed by atoms with Gasteiger partial charge in [-0.3, -0.25) is 0 Å². The Bertz CT molecular complexity index is 281. The summed E-state index contributed by atoms with van der Waals surface area (Å²) in [4.78, 5) is 0. The Hall–Kier alpha value is -0.340. The van der Waals surface area contributed by atoms with Crippen molar-refractivity contribution in [3.63, 3.8) is 0 Å². The van der Waals surface area contributed by atoms with Crippen LogP contribution in [0.5, 0.6) is 0 Å². The highest BCUT2D eigenvalue weighted by atomic mass is 32.1. The van der Waals surface area contributed by atoms with Crippen LogP contribution in [0.15, 0.2) is 16.8 Å². The lowest BCUT2D eigenvalue weighted by Gasteiger charge is -2.27. The highest BCUT2D eigenvalue weighted by Gasteiger charge is 2.19. The molecule has 1 aromatic rings. The molecule has 0 saturated heterocycles. The van der Waals surface area contributed by atoms with E-state index in [1.807, 2.05) is 11.3 Å². The first kappa shape index (κ1) is 15.7. The van der Waals surface area contributed by atoms with Crippen LogP contribution >= 0.6 is 11.3 Å². The number of rotatable bonds is 10. The number of nitrogens with one attached hydrogen (secondary N) is 1. The van der Waals surface area contributed by atoms with Gasteiger partial charge in [0.05, 0.1) is 0 Å². The zero-order valence-corrected chi connectivity index (χ0v) is 13.1. The fourth-order valence-electron chi connectivity index (χ4n) is 2.55. The zero-order valence-electron chi connectivity index (χ0n) is 12.2. The average molecular weight is 267 g/mol. The van der Waals surface area contributed by atoms with Gasteiger partial charge in [-0.2, -0.15) is 11.3 Å². The molecule has 0 amide bonds. The van der Waals surface area contributed by atoms with Crippen molar-refractivity contribution in [3.05, 3.63) is 22.4 Å². The van der Waals surface area contributed by atoms with Crippen molar-refractivity contribution in [2.45, 2.75) is 65.3 Å². The molecule has 1 heterocycles. The fraction of sp³-hybridized carbons (Fsp3) is 0.750. The first-order chi connectivity index (χ1) is 8.81. The minimum absolute atomic E-state index is 0.663. The molecule has 0 aliphatic carbocycles. The Kier molecular flexibility index (Phi) is 8.36. The van der Waals surface area contributed by atoms with Crippen molar-refractivity contribution in [1.29, 1.82) is 0 Å². The van der Waals surface area contributed by atoms with E-state index >= 15 is 0 Å². The van der Waals surface area contributed by atoms with Crippen molar-refractivity contribution >= 4 is 11.3 Å². The summed E-state index contributed by atoms with van der Waals surface area (Å²) in [6.07, 6.45) is 7.78. The maximum atomic E-state index is 3.77. The van der Waals surface area contributed by atoms with Gasteiger partial charge in [-0.1, -0.05) is 40.0 Å². The van der Waals surface area contributed by atoms with Crippen molar-refractivity contribution in [2.75, 3.05) is 6.54 Å². The highest BCUT2D eigenvalue weighted by molar-refractivity contribution is 7.07. The molecule has 0 bridgehead atoms. The van der Waals surface area contributed by atoms with E-state index in [9.17, 15) is 0 Å². The Labute approximate surface area is 117 Å². The van der Waals surface area contributed by atoms with Crippen LogP contribution in [0, 0.1) is 5.92 Å². The van der Waals surface area contributed by atoms with E-state index in [0.717, 1.165) is 12.5 Å². The summed E-state index contributed by atoms with van der Waals surface area (Å²) >= 11 is 1.81. The maximum absolute atomic E-state index is 3.77. The van der Waals surface area contributed by atoms with Gasteiger partial charge in [0, 0.05) is 6.04 Å². The quantitative estimate of drug-likeness (QED) is 0.637. The van der Waals surface area contributed by atoms with Crippen LogP contribution < -0.4 is 5.32 Å². The zero-order chi connectivity index (χ0) is 13.2. The first-order valence-electron chi connectivity index (χ1n) is 7.56. The number of hydrogen-bond acceptors (Lipinski definition) is 2. The molecule has 0 spiro atoms. The lowest BCUT2D eigenvalue weighted by Crippen LogP contribution is -2.38. The Balaban J connectivity index is 2.56. The molecule has 104 valence electrons. The van der Waals surface area contributed by atoms with Gasteiger partial charge in [0.2, 0.25) is 0 Å². The molecule has 0 aliphatic rings. The third kappa shape index (κ3) is 5.53. The number of thiophene rings is 1. The molecule has 1 N–H and O–H groups in total. The molecular weight excluding hydrogens is 238 g/mol. The summed E-state index contributed by atoms with van der Waals surface area (Å²) in [6, 6.07) is 2.94. The number of unbranched alkanes of at least 4 members (excludes halogenated alkanes) is 1. The standard InChI is InChI=1S/C16H29NS/c1-4-7-8-15(6-3)16(17-10-5-2)12-14-9-11-18-13-14/h9,11,13,15-17H,4-8,10,12H2,1-3H3. The fourth-order valence-corrected chi connectivity index (χ4v) is 3.24.